The second-order valence-corrected chi connectivity index (χ2v) is 3.64. The number of rotatable bonds is 3. The van der Waals surface area contributed by atoms with Crippen LogP contribution in [0.4, 0.5) is 0 Å². The van der Waals surface area contributed by atoms with Crippen LogP contribution in [0, 0.1) is 0 Å². The molecule has 78 valence electrons. The first-order valence-electron chi connectivity index (χ1n) is 4.29. The maximum absolute atomic E-state index is 11.1. The molecule has 0 saturated heterocycles. The zero-order valence-corrected chi connectivity index (χ0v) is 9.23. The fourth-order valence-corrected chi connectivity index (χ4v) is 1.38. The van der Waals surface area contributed by atoms with Crippen molar-refractivity contribution in [2.24, 2.45) is 0 Å². The first-order valence-corrected chi connectivity index (χ1v) is 5.04. The molecule has 0 aliphatic carbocycles. The molecule has 0 spiro atoms. The summed E-state index contributed by atoms with van der Waals surface area (Å²) in [6, 6.07) is 4.75. The predicted molar refractivity (Wildman–Crippen MR) is 64.2 cm³/mol. The maximum atomic E-state index is 11.1. The average molecular weight is 257 g/mol. The van der Waals surface area contributed by atoms with Crippen LogP contribution in [-0.4, -0.2) is 35.5 Å². The molecule has 0 amide bonds. The Kier molecular flexibility index (Phi) is 7.66. The Morgan fingerprint density at radius 3 is 2.60 bits per heavy atom. The Balaban J connectivity index is 0.00000196. The van der Waals surface area contributed by atoms with Crippen molar-refractivity contribution >= 4 is 58.7 Å². The van der Waals surface area contributed by atoms with Crippen molar-refractivity contribution in [3.05, 3.63) is 28.2 Å². The Hall–Kier alpha value is 0.270. The van der Waals surface area contributed by atoms with Crippen molar-refractivity contribution in [2.75, 3.05) is 0 Å². The van der Waals surface area contributed by atoms with Gasteiger partial charge in [-0.2, -0.15) is 0 Å². The van der Waals surface area contributed by atoms with E-state index in [4.69, 9.17) is 27.9 Å². The van der Waals surface area contributed by atoms with Gasteiger partial charge in [0, 0.05) is 11.4 Å². The Morgan fingerprint density at radius 1 is 1.40 bits per heavy atom. The topological polar surface area (TPSA) is 26.3 Å². The third-order valence-corrected chi connectivity index (χ3v) is 2.10. The van der Waals surface area contributed by atoms with Crippen LogP contribution in [0.2, 0.25) is 10.0 Å². The molecule has 5 heteroatoms. The summed E-state index contributed by atoms with van der Waals surface area (Å²) in [5.74, 6) is 0.0752. The van der Waals surface area contributed by atoms with Crippen LogP contribution in [0.1, 0.15) is 19.8 Å². The molecule has 0 saturated carbocycles. The SMILES string of the molecule is CCCC(=O)Oc1ccc(Cl)cc1Cl.[NaH]. The van der Waals surface area contributed by atoms with Crippen molar-refractivity contribution < 1.29 is 9.53 Å². The van der Waals surface area contributed by atoms with Crippen molar-refractivity contribution in [1.82, 2.24) is 0 Å². The molecule has 0 aliphatic rings. The molecule has 0 bridgehead atoms. The van der Waals surface area contributed by atoms with E-state index in [0.29, 0.717) is 22.2 Å². The van der Waals surface area contributed by atoms with Gasteiger partial charge in [0.15, 0.2) is 0 Å². The Morgan fingerprint density at radius 2 is 2.07 bits per heavy atom. The van der Waals surface area contributed by atoms with Gasteiger partial charge in [-0.1, -0.05) is 30.1 Å². The van der Waals surface area contributed by atoms with Crippen LogP contribution >= 0.6 is 23.2 Å². The van der Waals surface area contributed by atoms with Gasteiger partial charge in [0.1, 0.15) is 5.75 Å². The number of ether oxygens (including phenoxy) is 1. The van der Waals surface area contributed by atoms with Crippen molar-refractivity contribution in [1.29, 1.82) is 0 Å². The second kappa shape index (κ2) is 7.53. The predicted octanol–water partition coefficient (Wildman–Crippen LogP) is 3.05. The molecule has 1 aromatic rings. The van der Waals surface area contributed by atoms with E-state index < -0.39 is 0 Å². The average Bonchev–Trinajstić information content (AvgIpc) is 2.10. The number of esters is 1. The van der Waals surface area contributed by atoms with Gasteiger partial charge < -0.3 is 4.74 Å². The summed E-state index contributed by atoms with van der Waals surface area (Å²) >= 11 is 11.5. The molecule has 0 aromatic heterocycles. The number of benzene rings is 1. The molecule has 0 heterocycles. The van der Waals surface area contributed by atoms with E-state index in [0.717, 1.165) is 6.42 Å². The van der Waals surface area contributed by atoms with E-state index in [2.05, 4.69) is 0 Å². The van der Waals surface area contributed by atoms with Crippen molar-refractivity contribution in [3.63, 3.8) is 0 Å². The summed E-state index contributed by atoms with van der Waals surface area (Å²) in [6.45, 7) is 1.91. The number of halogens is 2. The first kappa shape index (κ1) is 15.3. The Labute approximate surface area is 121 Å². The van der Waals surface area contributed by atoms with Crippen LogP contribution in [0.5, 0.6) is 5.75 Å². The normalized spacial score (nSPS) is 9.27. The molecular formula is C10H11Cl2NaO2. The van der Waals surface area contributed by atoms with Gasteiger partial charge in [0.2, 0.25) is 0 Å². The molecular weight excluding hydrogens is 246 g/mol. The van der Waals surface area contributed by atoms with Gasteiger partial charge in [-0.15, -0.1) is 0 Å². The number of carbonyl (C=O) groups is 1. The van der Waals surface area contributed by atoms with Crippen LogP contribution in [0.3, 0.4) is 0 Å². The van der Waals surface area contributed by atoms with Crippen LogP contribution in [-0.2, 0) is 4.79 Å². The molecule has 0 atom stereocenters. The van der Waals surface area contributed by atoms with Crippen molar-refractivity contribution in [2.45, 2.75) is 19.8 Å². The van der Waals surface area contributed by atoms with E-state index in [1.54, 1.807) is 12.1 Å². The summed E-state index contributed by atoms with van der Waals surface area (Å²) in [4.78, 5) is 11.1. The molecule has 0 fully saturated rings. The summed E-state index contributed by atoms with van der Waals surface area (Å²) in [7, 11) is 0. The minimum atomic E-state index is -0.281. The molecule has 0 radical (unpaired) electrons. The molecule has 15 heavy (non-hydrogen) atoms. The van der Waals surface area contributed by atoms with E-state index >= 15 is 0 Å². The molecule has 0 aliphatic heterocycles. The third kappa shape index (κ3) is 5.23. The summed E-state index contributed by atoms with van der Waals surface area (Å²) in [6.07, 6.45) is 1.14. The minimum absolute atomic E-state index is 0. The summed E-state index contributed by atoms with van der Waals surface area (Å²) in [5.41, 5.74) is 0. The van der Waals surface area contributed by atoms with Gasteiger partial charge in [-0.3, -0.25) is 4.79 Å². The van der Waals surface area contributed by atoms with Gasteiger partial charge in [0.25, 0.3) is 0 Å². The zero-order valence-electron chi connectivity index (χ0n) is 7.72. The standard InChI is InChI=1S/C10H10Cl2O2.Na.H/c1-2-3-10(13)14-9-5-4-7(11)6-8(9)12;;/h4-6H,2-3H2,1H3;;. The van der Waals surface area contributed by atoms with E-state index in [1.165, 1.54) is 6.07 Å². The quantitative estimate of drug-likeness (QED) is 0.472. The molecule has 0 N–H and O–H groups in total. The van der Waals surface area contributed by atoms with E-state index in [9.17, 15) is 4.79 Å². The number of hydrogen-bond acceptors (Lipinski definition) is 2. The fourth-order valence-electron chi connectivity index (χ4n) is 0.936. The monoisotopic (exact) mass is 256 g/mol. The summed E-state index contributed by atoms with van der Waals surface area (Å²) < 4.78 is 5.01. The number of carbonyl (C=O) groups excluding carboxylic acids is 1. The van der Waals surface area contributed by atoms with Crippen LogP contribution in [0.15, 0.2) is 18.2 Å². The van der Waals surface area contributed by atoms with Gasteiger partial charge >= 0.3 is 35.5 Å². The first-order chi connectivity index (χ1) is 6.63. The second-order valence-electron chi connectivity index (χ2n) is 2.80. The zero-order chi connectivity index (χ0) is 10.6. The molecule has 1 aromatic carbocycles. The van der Waals surface area contributed by atoms with Crippen molar-refractivity contribution in [3.8, 4) is 5.75 Å². The van der Waals surface area contributed by atoms with E-state index in [1.807, 2.05) is 6.92 Å². The molecule has 2 nitrogen and oxygen atoms in total. The van der Waals surface area contributed by atoms with Gasteiger partial charge in [-0.25, -0.2) is 0 Å². The van der Waals surface area contributed by atoms with Gasteiger partial charge in [0.05, 0.1) is 5.02 Å². The third-order valence-electron chi connectivity index (χ3n) is 1.57. The fraction of sp³-hybridized carbons (Fsp3) is 0.300. The Bertz CT molecular complexity index is 342. The van der Waals surface area contributed by atoms with Crippen LogP contribution < -0.4 is 4.74 Å². The van der Waals surface area contributed by atoms with E-state index in [-0.39, 0.29) is 35.5 Å². The summed E-state index contributed by atoms with van der Waals surface area (Å²) in [5, 5.41) is 0.868. The number of hydrogen-bond donors (Lipinski definition) is 0. The van der Waals surface area contributed by atoms with Gasteiger partial charge in [-0.05, 0) is 24.6 Å². The van der Waals surface area contributed by atoms with Crippen LogP contribution in [0.25, 0.3) is 0 Å². The molecule has 1 rings (SSSR count). The molecule has 0 unspecified atom stereocenters.